The minimum absolute atomic E-state index is 0.00293. The molecule has 0 spiro atoms. The highest BCUT2D eigenvalue weighted by atomic mass is 19.1. The lowest BCUT2D eigenvalue weighted by atomic mass is 9.80. The maximum atomic E-state index is 14.1. The maximum Gasteiger partial charge on any atom is 0.231 e. The topological polar surface area (TPSA) is 77.1 Å². The van der Waals surface area contributed by atoms with Crippen molar-refractivity contribution in [2.75, 3.05) is 12.4 Å². The number of nitrogens with zero attached hydrogens (tertiary/aromatic N) is 1. The van der Waals surface area contributed by atoms with Crippen molar-refractivity contribution in [2.24, 2.45) is 11.1 Å². The molecule has 34 heavy (non-hydrogen) atoms. The highest BCUT2D eigenvalue weighted by Crippen LogP contribution is 2.43. The monoisotopic (exact) mass is 463 g/mol. The first-order valence-electron chi connectivity index (χ1n) is 12.2. The molecule has 0 atom stereocenters. The maximum absolute atomic E-state index is 14.1. The molecule has 2 aliphatic rings. The first-order chi connectivity index (χ1) is 16.4. The van der Waals surface area contributed by atoms with Crippen LogP contribution in [0.1, 0.15) is 73.2 Å². The van der Waals surface area contributed by atoms with E-state index in [1.807, 2.05) is 18.2 Å². The number of benzene rings is 2. The Morgan fingerprint density at radius 3 is 2.50 bits per heavy atom. The van der Waals surface area contributed by atoms with Gasteiger partial charge in [-0.15, -0.1) is 0 Å². The summed E-state index contributed by atoms with van der Waals surface area (Å²) < 4.78 is 15.9. The minimum Gasteiger partial charge on any atom is -0.382 e. The van der Waals surface area contributed by atoms with E-state index < -0.39 is 0 Å². The van der Waals surface area contributed by atoms with Crippen molar-refractivity contribution in [3.05, 3.63) is 53.5 Å². The molecule has 0 radical (unpaired) electrons. The molecule has 2 aromatic carbocycles. The van der Waals surface area contributed by atoms with Crippen molar-refractivity contribution >= 4 is 28.8 Å². The van der Waals surface area contributed by atoms with Gasteiger partial charge in [-0.05, 0) is 67.6 Å². The Labute approximate surface area is 200 Å². The van der Waals surface area contributed by atoms with Gasteiger partial charge in [0.15, 0.2) is 6.29 Å². The van der Waals surface area contributed by atoms with E-state index in [9.17, 15) is 14.0 Å². The number of aromatic nitrogens is 1. The van der Waals surface area contributed by atoms with E-state index in [1.165, 1.54) is 38.4 Å². The van der Waals surface area contributed by atoms with E-state index in [4.69, 9.17) is 0 Å². The zero-order chi connectivity index (χ0) is 24.5. The molecule has 6 heteroatoms. The second kappa shape index (κ2) is 9.71. The summed E-state index contributed by atoms with van der Waals surface area (Å²) in [6, 6.07) is 10.9. The van der Waals surface area contributed by atoms with E-state index in [0.29, 0.717) is 23.5 Å². The van der Waals surface area contributed by atoms with Crippen LogP contribution in [-0.2, 0) is 6.42 Å². The van der Waals surface area contributed by atoms with Crippen LogP contribution in [0.5, 0.6) is 0 Å². The number of carbonyl (C=O) groups excluding carboxylic acids is 2. The molecular formula is C28H34FN3O2. The lowest BCUT2D eigenvalue weighted by molar-refractivity contribution is 0.0816. The second-order valence-corrected chi connectivity index (χ2v) is 10.1. The van der Waals surface area contributed by atoms with E-state index in [2.05, 4.69) is 24.9 Å². The van der Waals surface area contributed by atoms with Crippen LogP contribution in [0, 0.1) is 11.2 Å². The fourth-order valence-electron chi connectivity index (χ4n) is 5.50. The molecule has 1 aliphatic carbocycles. The van der Waals surface area contributed by atoms with Crippen LogP contribution in [-0.4, -0.2) is 29.8 Å². The van der Waals surface area contributed by atoms with Crippen molar-refractivity contribution in [3.8, 4) is 11.1 Å². The molecule has 3 aromatic rings. The highest BCUT2D eigenvalue weighted by Gasteiger charge is 2.35. The Kier molecular flexibility index (Phi) is 6.89. The molecule has 1 aliphatic heterocycles. The van der Waals surface area contributed by atoms with Gasteiger partial charge in [-0.3, -0.25) is 14.2 Å². The average molecular weight is 464 g/mol. The summed E-state index contributed by atoms with van der Waals surface area (Å²) in [5.41, 5.74) is 9.27. The number of hydrogen-bond acceptors (Lipinski definition) is 4. The van der Waals surface area contributed by atoms with E-state index in [1.54, 1.807) is 10.6 Å². The quantitative estimate of drug-likeness (QED) is 0.452. The molecule has 1 saturated carbocycles. The third kappa shape index (κ3) is 4.51. The predicted octanol–water partition coefficient (Wildman–Crippen LogP) is 6.19. The van der Waals surface area contributed by atoms with Crippen LogP contribution < -0.4 is 11.1 Å². The molecule has 5 nitrogen and oxygen atoms in total. The van der Waals surface area contributed by atoms with Crippen molar-refractivity contribution in [2.45, 2.75) is 64.8 Å². The van der Waals surface area contributed by atoms with Gasteiger partial charge in [0.2, 0.25) is 5.91 Å². The van der Waals surface area contributed by atoms with Crippen LogP contribution in [0.2, 0.25) is 0 Å². The average Bonchev–Trinajstić information content (AvgIpc) is 3.13. The first kappa shape index (κ1) is 24.1. The Morgan fingerprint density at radius 2 is 1.79 bits per heavy atom. The molecule has 2 heterocycles. The third-order valence-electron chi connectivity index (χ3n) is 6.99. The van der Waals surface area contributed by atoms with Crippen LogP contribution in [0.4, 0.5) is 10.1 Å². The largest absolute Gasteiger partial charge is 0.382 e. The van der Waals surface area contributed by atoms with Crippen molar-refractivity contribution in [1.29, 1.82) is 0 Å². The second-order valence-electron chi connectivity index (χ2n) is 10.1. The normalized spacial score (nSPS) is 17.6. The van der Waals surface area contributed by atoms with Crippen LogP contribution >= 0.6 is 0 Å². The summed E-state index contributed by atoms with van der Waals surface area (Å²) in [7, 11) is 1.50. The van der Waals surface area contributed by atoms with E-state index in [-0.39, 0.29) is 17.1 Å². The predicted molar refractivity (Wildman–Crippen MR) is 136 cm³/mol. The summed E-state index contributed by atoms with van der Waals surface area (Å²) in [4.78, 5) is 24.8. The van der Waals surface area contributed by atoms with Gasteiger partial charge < -0.3 is 11.1 Å². The summed E-state index contributed by atoms with van der Waals surface area (Å²) in [5, 5.41) is 4.47. The molecule has 1 fully saturated rings. The van der Waals surface area contributed by atoms with Gasteiger partial charge >= 0.3 is 0 Å². The SMILES string of the molecule is CC1(C)CC(=O)n2c(c(-c3ccc(C=O)c(NC4CCCCC4)c3)c3ccc(F)cc32)C1.CN. The van der Waals surface area contributed by atoms with Gasteiger partial charge in [-0.25, -0.2) is 4.39 Å². The Balaban J connectivity index is 0.00000133. The number of aldehydes is 1. The number of carbonyl (C=O) groups is 2. The zero-order valence-corrected chi connectivity index (χ0v) is 20.3. The molecule has 0 unspecified atom stereocenters. The lowest BCUT2D eigenvalue weighted by Crippen LogP contribution is -2.31. The summed E-state index contributed by atoms with van der Waals surface area (Å²) in [6.45, 7) is 4.20. The number of nitrogens with two attached hydrogens (primary N) is 1. The Hall–Kier alpha value is -2.99. The molecule has 5 rings (SSSR count). The van der Waals surface area contributed by atoms with Crippen molar-refractivity contribution in [3.63, 3.8) is 0 Å². The number of nitrogens with one attached hydrogen (secondary N) is 1. The van der Waals surface area contributed by atoms with Gasteiger partial charge in [-0.2, -0.15) is 0 Å². The summed E-state index contributed by atoms with van der Waals surface area (Å²) in [5.74, 6) is -0.346. The Bertz CT molecular complexity index is 1220. The van der Waals surface area contributed by atoms with E-state index >= 15 is 0 Å². The smallest absolute Gasteiger partial charge is 0.231 e. The summed E-state index contributed by atoms with van der Waals surface area (Å²) in [6.07, 6.45) is 7.93. The molecule has 1 aromatic heterocycles. The molecule has 3 N–H and O–H groups in total. The zero-order valence-electron chi connectivity index (χ0n) is 20.3. The number of halogens is 1. The van der Waals surface area contributed by atoms with Crippen molar-refractivity contribution in [1.82, 2.24) is 4.57 Å². The van der Waals surface area contributed by atoms with Crippen LogP contribution in [0.15, 0.2) is 36.4 Å². The Morgan fingerprint density at radius 1 is 1.06 bits per heavy atom. The molecular weight excluding hydrogens is 429 g/mol. The van der Waals surface area contributed by atoms with Gasteiger partial charge in [0.1, 0.15) is 5.82 Å². The molecule has 0 bridgehead atoms. The minimum atomic E-state index is -0.349. The number of anilines is 1. The number of hydrogen-bond donors (Lipinski definition) is 2. The fraction of sp³-hybridized carbons (Fsp3) is 0.429. The van der Waals surface area contributed by atoms with Gasteiger partial charge in [0.25, 0.3) is 0 Å². The van der Waals surface area contributed by atoms with Gasteiger partial charge in [-0.1, -0.05) is 39.2 Å². The number of fused-ring (bicyclic) bond motifs is 3. The number of rotatable bonds is 4. The third-order valence-corrected chi connectivity index (χ3v) is 6.99. The van der Waals surface area contributed by atoms with Gasteiger partial charge in [0, 0.05) is 40.4 Å². The molecule has 0 amide bonds. The fourth-order valence-corrected chi connectivity index (χ4v) is 5.50. The lowest BCUT2D eigenvalue weighted by Gasteiger charge is -2.30. The highest BCUT2D eigenvalue weighted by molar-refractivity contribution is 6.05. The summed E-state index contributed by atoms with van der Waals surface area (Å²) >= 11 is 0. The standard InChI is InChI=1S/C27H29FN2O2.CH5N/c1-27(2)14-24-26(21-11-10-19(28)13-23(21)30(24)25(32)15-27)17-8-9-18(16-31)22(12-17)29-20-6-4-3-5-7-20;1-2/h8-13,16,20,29H,3-7,14-15H2,1-2H3;2H2,1H3. The van der Waals surface area contributed by atoms with Crippen LogP contribution in [0.25, 0.3) is 22.0 Å². The first-order valence-corrected chi connectivity index (χ1v) is 12.2. The van der Waals surface area contributed by atoms with Crippen LogP contribution in [0.3, 0.4) is 0 Å². The van der Waals surface area contributed by atoms with Gasteiger partial charge in [0.05, 0.1) is 5.52 Å². The van der Waals surface area contributed by atoms with E-state index in [0.717, 1.165) is 53.4 Å². The molecule has 0 saturated heterocycles. The molecule has 180 valence electrons. The van der Waals surface area contributed by atoms with Crippen molar-refractivity contribution < 1.29 is 14.0 Å².